The first kappa shape index (κ1) is 20.1. The van der Waals surface area contributed by atoms with Gasteiger partial charge in [-0.2, -0.15) is 0 Å². The van der Waals surface area contributed by atoms with Crippen LogP contribution in [0.3, 0.4) is 0 Å². The van der Waals surface area contributed by atoms with Crippen molar-refractivity contribution < 1.29 is 0 Å². The first-order valence-corrected chi connectivity index (χ1v) is 12.9. The van der Waals surface area contributed by atoms with E-state index in [0.717, 1.165) is 31.0 Å². The van der Waals surface area contributed by atoms with Gasteiger partial charge in [-0.05, 0) is 12.5 Å². The third-order valence-corrected chi connectivity index (χ3v) is 9.80. The summed E-state index contributed by atoms with van der Waals surface area (Å²) in [4.78, 5) is 21.5. The fraction of sp³-hybridized carbons (Fsp3) is 0.0476. The normalized spacial score (nSPS) is 10.5. The molecule has 0 unspecified atom stereocenters. The molecule has 8 heteroatoms. The summed E-state index contributed by atoms with van der Waals surface area (Å²) >= 11 is 5.23. The topological polar surface area (TPSA) is 47.8 Å². The molecule has 0 aliphatic rings. The Morgan fingerprint density at radius 1 is 1.00 bits per heavy atom. The van der Waals surface area contributed by atoms with Gasteiger partial charge in [0, 0.05) is 12.4 Å². The molecule has 144 valence electrons. The molecular formula is C21H15N3OS3Se. The molecule has 0 fully saturated rings. The third kappa shape index (κ3) is 4.37. The van der Waals surface area contributed by atoms with Crippen LogP contribution in [0.25, 0.3) is 25.9 Å². The third-order valence-electron chi connectivity index (χ3n) is 4.13. The van der Waals surface area contributed by atoms with Crippen LogP contribution in [0.5, 0.6) is 0 Å². The van der Waals surface area contributed by atoms with Crippen molar-refractivity contribution in [1.82, 2.24) is 13.5 Å². The predicted octanol–water partition coefficient (Wildman–Crippen LogP) is 5.35. The van der Waals surface area contributed by atoms with E-state index in [1.807, 2.05) is 65.1 Å². The molecule has 0 aliphatic heterocycles. The number of hydrogen-bond donors (Lipinski definition) is 0. The Bertz CT molecular complexity index is 1350. The monoisotopic (exact) mass is 501 g/mol. The Hall–Kier alpha value is -2.22. The Labute approximate surface area is 186 Å². The molecule has 3 aromatic heterocycles. The SMILES string of the molecule is Cc1c(-c2cnccn2)ssc1=S.O=c1c2ccccc2[se]n1-c1ccccc1. The molecule has 0 radical (unpaired) electrons. The molecule has 0 saturated heterocycles. The maximum atomic E-state index is 12.1. The molecule has 3 heterocycles. The second-order valence-electron chi connectivity index (χ2n) is 6.02. The van der Waals surface area contributed by atoms with Gasteiger partial charge in [0.2, 0.25) is 0 Å². The Balaban J connectivity index is 0.000000145. The zero-order valence-electron chi connectivity index (χ0n) is 15.3. The summed E-state index contributed by atoms with van der Waals surface area (Å²) < 4.78 is 3.99. The number of hydrogen-bond acceptors (Lipinski definition) is 6. The number of benzene rings is 2. The van der Waals surface area contributed by atoms with Gasteiger partial charge in [0.15, 0.2) is 0 Å². The number of para-hydroxylation sites is 1. The van der Waals surface area contributed by atoms with Gasteiger partial charge >= 0.3 is 98.6 Å². The molecule has 0 amide bonds. The van der Waals surface area contributed by atoms with Gasteiger partial charge in [-0.3, -0.25) is 9.97 Å². The van der Waals surface area contributed by atoms with Crippen LogP contribution in [0.15, 0.2) is 78.0 Å². The molecule has 0 aliphatic carbocycles. The summed E-state index contributed by atoms with van der Waals surface area (Å²) in [6, 6.07) is 17.7. The number of fused-ring (bicyclic) bond motifs is 1. The van der Waals surface area contributed by atoms with Crippen molar-refractivity contribution in [2.24, 2.45) is 0 Å². The average Bonchev–Trinajstić information content (AvgIpc) is 3.29. The van der Waals surface area contributed by atoms with E-state index in [4.69, 9.17) is 12.2 Å². The minimum absolute atomic E-state index is 0.0784. The standard InChI is InChI=1S/C13H9NOSe.C8H6N2S3/c15-13-11-8-4-5-9-12(11)16-14(13)10-6-2-1-3-7-10;1-5-7(12-13-8(5)11)6-4-9-2-3-10-6/h1-9H;2-4H,1H3. The van der Waals surface area contributed by atoms with E-state index in [9.17, 15) is 4.79 Å². The molecule has 0 atom stereocenters. The van der Waals surface area contributed by atoms with Gasteiger partial charge in [-0.1, -0.05) is 32.9 Å². The summed E-state index contributed by atoms with van der Waals surface area (Å²) in [5.74, 6) is 0. The van der Waals surface area contributed by atoms with Crippen molar-refractivity contribution in [3.8, 4) is 16.3 Å². The second-order valence-corrected chi connectivity index (χ2v) is 10.9. The van der Waals surface area contributed by atoms with Gasteiger partial charge in [0.25, 0.3) is 0 Å². The summed E-state index contributed by atoms with van der Waals surface area (Å²) in [6.07, 6.45) is 5.13. The van der Waals surface area contributed by atoms with Gasteiger partial charge in [-0.25, -0.2) is 0 Å². The minimum atomic E-state index is 0.0784. The van der Waals surface area contributed by atoms with Gasteiger partial charge in [0.05, 0.1) is 16.8 Å². The van der Waals surface area contributed by atoms with Crippen molar-refractivity contribution in [1.29, 1.82) is 0 Å². The van der Waals surface area contributed by atoms with Crippen LogP contribution in [0.2, 0.25) is 0 Å². The Morgan fingerprint density at radius 3 is 2.41 bits per heavy atom. The summed E-state index contributed by atoms with van der Waals surface area (Å²) in [5, 5.41) is 0.853. The average molecular weight is 501 g/mol. The number of nitrogens with zero attached hydrogens (tertiary/aromatic N) is 3. The van der Waals surface area contributed by atoms with E-state index >= 15 is 0 Å². The van der Waals surface area contributed by atoms with Crippen LogP contribution in [-0.2, 0) is 0 Å². The zero-order chi connectivity index (χ0) is 20.2. The van der Waals surface area contributed by atoms with Crippen LogP contribution in [0, 0.1) is 10.7 Å². The van der Waals surface area contributed by atoms with Gasteiger partial charge < -0.3 is 0 Å². The van der Waals surface area contributed by atoms with Gasteiger partial charge in [0.1, 0.15) is 3.82 Å². The molecule has 2 aromatic carbocycles. The number of aromatic nitrogens is 3. The Kier molecular flexibility index (Phi) is 6.28. The van der Waals surface area contributed by atoms with E-state index < -0.39 is 0 Å². The molecule has 0 N–H and O–H groups in total. The predicted molar refractivity (Wildman–Crippen MR) is 125 cm³/mol. The number of rotatable bonds is 2. The molecule has 0 saturated carbocycles. The van der Waals surface area contributed by atoms with Gasteiger partial charge in [-0.15, -0.1) is 0 Å². The fourth-order valence-electron chi connectivity index (χ4n) is 2.65. The van der Waals surface area contributed by atoms with Crippen LogP contribution >= 0.6 is 32.9 Å². The van der Waals surface area contributed by atoms with E-state index in [2.05, 4.69) is 9.97 Å². The van der Waals surface area contributed by atoms with Crippen molar-refractivity contribution in [3.05, 3.63) is 92.9 Å². The molecule has 0 spiro atoms. The second kappa shape index (κ2) is 9.07. The van der Waals surface area contributed by atoms with E-state index in [1.54, 1.807) is 39.3 Å². The quantitative estimate of drug-likeness (QED) is 0.186. The van der Waals surface area contributed by atoms with Crippen LogP contribution in [0.4, 0.5) is 0 Å². The van der Waals surface area contributed by atoms with Crippen LogP contribution < -0.4 is 5.56 Å². The van der Waals surface area contributed by atoms with Crippen molar-refractivity contribution >= 4 is 57.3 Å². The molecule has 5 rings (SSSR count). The van der Waals surface area contributed by atoms with Crippen LogP contribution in [-0.4, -0.2) is 28.3 Å². The maximum absolute atomic E-state index is 12.1. The summed E-state index contributed by atoms with van der Waals surface area (Å²) in [5.41, 5.74) is 3.17. The first-order valence-electron chi connectivity index (χ1n) is 8.68. The fourth-order valence-corrected chi connectivity index (χ4v) is 7.57. The van der Waals surface area contributed by atoms with E-state index in [-0.39, 0.29) is 20.3 Å². The van der Waals surface area contributed by atoms with Crippen molar-refractivity contribution in [3.63, 3.8) is 0 Å². The zero-order valence-corrected chi connectivity index (χ0v) is 19.5. The molecule has 5 aromatic rings. The van der Waals surface area contributed by atoms with E-state index in [1.165, 1.54) is 4.26 Å². The van der Waals surface area contributed by atoms with Crippen molar-refractivity contribution in [2.45, 2.75) is 6.92 Å². The Morgan fingerprint density at radius 2 is 1.76 bits per heavy atom. The molecular weight excluding hydrogens is 485 g/mol. The summed E-state index contributed by atoms with van der Waals surface area (Å²) in [7, 11) is 3.28. The molecule has 29 heavy (non-hydrogen) atoms. The van der Waals surface area contributed by atoms with Crippen molar-refractivity contribution in [2.75, 3.05) is 0 Å². The molecule has 4 nitrogen and oxygen atoms in total. The van der Waals surface area contributed by atoms with E-state index in [0.29, 0.717) is 0 Å². The van der Waals surface area contributed by atoms with Crippen LogP contribution in [0.1, 0.15) is 5.56 Å². The molecule has 0 bridgehead atoms. The first-order chi connectivity index (χ1) is 14.1. The summed E-state index contributed by atoms with van der Waals surface area (Å²) in [6.45, 7) is 2.03.